The molecule has 1 aromatic carbocycles. The molecule has 0 heterocycles. The highest BCUT2D eigenvalue weighted by atomic mass is 35.5. The lowest BCUT2D eigenvalue weighted by Crippen LogP contribution is -2.06. The lowest BCUT2D eigenvalue weighted by molar-refractivity contribution is 0.524. The first-order valence-corrected chi connectivity index (χ1v) is 5.81. The molecule has 15 heavy (non-hydrogen) atoms. The van der Waals surface area contributed by atoms with Gasteiger partial charge in [-0.05, 0) is 55.9 Å². The molecular formula is C13H18ClF. The van der Waals surface area contributed by atoms with Gasteiger partial charge in [-0.25, -0.2) is 4.39 Å². The van der Waals surface area contributed by atoms with Crippen LogP contribution in [0.2, 0.25) is 0 Å². The van der Waals surface area contributed by atoms with E-state index in [4.69, 9.17) is 11.6 Å². The second kappa shape index (κ2) is 5.50. The summed E-state index contributed by atoms with van der Waals surface area (Å²) in [6.07, 6.45) is 1.97. The Bertz CT molecular complexity index is 320. The van der Waals surface area contributed by atoms with Crippen LogP contribution in [-0.4, -0.2) is 5.38 Å². The zero-order chi connectivity index (χ0) is 11.4. The third-order valence-corrected chi connectivity index (χ3v) is 2.78. The second-order valence-electron chi connectivity index (χ2n) is 4.40. The molecule has 0 aliphatic carbocycles. The van der Waals surface area contributed by atoms with Crippen molar-refractivity contribution in [3.8, 4) is 0 Å². The van der Waals surface area contributed by atoms with Gasteiger partial charge in [0.1, 0.15) is 5.82 Å². The highest BCUT2D eigenvalue weighted by Gasteiger charge is 2.09. The molecule has 0 spiro atoms. The molecule has 84 valence electrons. The maximum atomic E-state index is 12.9. The quantitative estimate of drug-likeness (QED) is 0.673. The van der Waals surface area contributed by atoms with E-state index in [0.717, 1.165) is 18.4 Å². The van der Waals surface area contributed by atoms with Crippen LogP contribution < -0.4 is 0 Å². The molecular weight excluding hydrogens is 211 g/mol. The van der Waals surface area contributed by atoms with Gasteiger partial charge in [-0.3, -0.25) is 0 Å². The summed E-state index contributed by atoms with van der Waals surface area (Å²) >= 11 is 5.94. The van der Waals surface area contributed by atoms with Gasteiger partial charge in [0.25, 0.3) is 0 Å². The molecule has 0 saturated carbocycles. The van der Waals surface area contributed by atoms with Crippen LogP contribution in [0.1, 0.15) is 31.4 Å². The van der Waals surface area contributed by atoms with Crippen LogP contribution in [0.3, 0.4) is 0 Å². The Labute approximate surface area is 96.5 Å². The van der Waals surface area contributed by atoms with Crippen LogP contribution in [0, 0.1) is 18.7 Å². The van der Waals surface area contributed by atoms with E-state index in [0.29, 0.717) is 5.92 Å². The number of benzene rings is 1. The van der Waals surface area contributed by atoms with E-state index in [-0.39, 0.29) is 11.2 Å². The zero-order valence-corrected chi connectivity index (χ0v) is 10.3. The van der Waals surface area contributed by atoms with Crippen LogP contribution in [0.15, 0.2) is 18.2 Å². The largest absolute Gasteiger partial charge is 0.207 e. The molecule has 0 fully saturated rings. The van der Waals surface area contributed by atoms with E-state index in [2.05, 4.69) is 6.92 Å². The van der Waals surface area contributed by atoms with Crippen molar-refractivity contribution in [2.75, 3.05) is 0 Å². The van der Waals surface area contributed by atoms with E-state index in [1.54, 1.807) is 6.07 Å². The molecule has 0 N–H and O–H groups in total. The van der Waals surface area contributed by atoms with Gasteiger partial charge < -0.3 is 0 Å². The fraction of sp³-hybridized carbons (Fsp3) is 0.538. The lowest BCUT2D eigenvalue weighted by atomic mass is 9.94. The summed E-state index contributed by atoms with van der Waals surface area (Å²) in [5.74, 6) is 0.385. The number of alkyl halides is 1. The second-order valence-corrected chi connectivity index (χ2v) is 5.14. The molecule has 0 bridgehead atoms. The van der Waals surface area contributed by atoms with E-state index in [9.17, 15) is 4.39 Å². The number of hydrogen-bond donors (Lipinski definition) is 0. The fourth-order valence-electron chi connectivity index (χ4n) is 1.90. The molecule has 0 aromatic heterocycles. The van der Waals surface area contributed by atoms with Crippen molar-refractivity contribution in [3.05, 3.63) is 35.1 Å². The minimum atomic E-state index is -0.158. The number of hydrogen-bond acceptors (Lipinski definition) is 0. The zero-order valence-electron chi connectivity index (χ0n) is 9.56. The van der Waals surface area contributed by atoms with Gasteiger partial charge in [0.15, 0.2) is 0 Å². The Hall–Kier alpha value is -0.560. The number of aryl methyl sites for hydroxylation is 1. The first-order chi connectivity index (χ1) is 6.99. The normalized spacial score (nSPS) is 15.0. The molecule has 2 unspecified atom stereocenters. The molecule has 0 saturated heterocycles. The van der Waals surface area contributed by atoms with Crippen molar-refractivity contribution in [1.82, 2.24) is 0 Å². The summed E-state index contributed by atoms with van der Waals surface area (Å²) in [7, 11) is 0. The first-order valence-electron chi connectivity index (χ1n) is 5.38. The lowest BCUT2D eigenvalue weighted by Gasteiger charge is -2.14. The average molecular weight is 229 g/mol. The van der Waals surface area contributed by atoms with Gasteiger partial charge in [0, 0.05) is 5.38 Å². The highest BCUT2D eigenvalue weighted by Crippen LogP contribution is 2.19. The van der Waals surface area contributed by atoms with Crippen molar-refractivity contribution in [1.29, 1.82) is 0 Å². The summed E-state index contributed by atoms with van der Waals surface area (Å²) in [6, 6.07) is 4.99. The van der Waals surface area contributed by atoms with Crippen molar-refractivity contribution >= 4 is 11.6 Å². The Kier molecular flexibility index (Phi) is 4.59. The molecule has 1 rings (SSSR count). The molecule has 2 atom stereocenters. The molecule has 0 aliphatic rings. The molecule has 0 radical (unpaired) electrons. The highest BCUT2D eigenvalue weighted by molar-refractivity contribution is 6.20. The Morgan fingerprint density at radius 3 is 2.53 bits per heavy atom. The summed E-state index contributed by atoms with van der Waals surface area (Å²) < 4.78 is 12.9. The molecule has 0 aliphatic heterocycles. The predicted molar refractivity (Wildman–Crippen MR) is 63.9 cm³/mol. The van der Waals surface area contributed by atoms with E-state index in [1.807, 2.05) is 19.9 Å². The van der Waals surface area contributed by atoms with Gasteiger partial charge in [-0.1, -0.05) is 13.0 Å². The molecule has 0 nitrogen and oxygen atoms in total. The van der Waals surface area contributed by atoms with Crippen molar-refractivity contribution < 1.29 is 4.39 Å². The molecule has 0 amide bonds. The fourth-order valence-corrected chi connectivity index (χ4v) is 2.21. The smallest absolute Gasteiger partial charge is 0.123 e. The summed E-state index contributed by atoms with van der Waals surface area (Å²) in [6.45, 7) is 6.15. The third kappa shape index (κ3) is 4.21. The van der Waals surface area contributed by atoms with Gasteiger partial charge in [0.2, 0.25) is 0 Å². The van der Waals surface area contributed by atoms with Gasteiger partial charge >= 0.3 is 0 Å². The summed E-state index contributed by atoms with van der Waals surface area (Å²) in [5, 5.41) is 0.209. The van der Waals surface area contributed by atoms with Crippen LogP contribution in [-0.2, 0) is 6.42 Å². The number of rotatable bonds is 4. The Morgan fingerprint density at radius 1 is 1.33 bits per heavy atom. The standard InChI is InChI=1S/C13H18ClF/c1-9(6-11(3)14)7-12-4-5-13(15)8-10(12)2/h4-5,8-9,11H,6-7H2,1-3H3. The van der Waals surface area contributed by atoms with Crippen LogP contribution >= 0.6 is 11.6 Å². The van der Waals surface area contributed by atoms with Crippen LogP contribution in [0.4, 0.5) is 4.39 Å². The Balaban J connectivity index is 2.64. The minimum Gasteiger partial charge on any atom is -0.207 e. The topological polar surface area (TPSA) is 0 Å². The number of halogens is 2. The Morgan fingerprint density at radius 2 is 2.00 bits per heavy atom. The monoisotopic (exact) mass is 228 g/mol. The van der Waals surface area contributed by atoms with E-state index >= 15 is 0 Å². The van der Waals surface area contributed by atoms with Crippen molar-refractivity contribution in [3.63, 3.8) is 0 Å². The maximum absolute atomic E-state index is 12.9. The summed E-state index contributed by atoms with van der Waals surface area (Å²) in [5.41, 5.74) is 2.25. The van der Waals surface area contributed by atoms with Gasteiger partial charge in [-0.2, -0.15) is 0 Å². The van der Waals surface area contributed by atoms with Crippen molar-refractivity contribution in [2.24, 2.45) is 5.92 Å². The van der Waals surface area contributed by atoms with Crippen LogP contribution in [0.25, 0.3) is 0 Å². The van der Waals surface area contributed by atoms with Crippen molar-refractivity contribution in [2.45, 2.75) is 39.0 Å². The minimum absolute atomic E-state index is 0.158. The average Bonchev–Trinajstić information content (AvgIpc) is 2.08. The van der Waals surface area contributed by atoms with E-state index < -0.39 is 0 Å². The van der Waals surface area contributed by atoms with E-state index in [1.165, 1.54) is 11.6 Å². The molecule has 1 aromatic rings. The predicted octanol–water partition coefficient (Wildman–Crippen LogP) is 4.33. The maximum Gasteiger partial charge on any atom is 0.123 e. The SMILES string of the molecule is Cc1cc(F)ccc1CC(C)CC(C)Cl. The van der Waals surface area contributed by atoms with Crippen LogP contribution in [0.5, 0.6) is 0 Å². The third-order valence-electron chi connectivity index (χ3n) is 2.60. The van der Waals surface area contributed by atoms with Gasteiger partial charge in [0.05, 0.1) is 0 Å². The first kappa shape index (κ1) is 12.5. The van der Waals surface area contributed by atoms with Gasteiger partial charge in [-0.15, -0.1) is 11.6 Å². The molecule has 2 heteroatoms. The summed E-state index contributed by atoms with van der Waals surface area (Å²) in [4.78, 5) is 0.